The van der Waals surface area contributed by atoms with Gasteiger partial charge in [0.25, 0.3) is 0 Å². The van der Waals surface area contributed by atoms with Crippen LogP contribution in [0.25, 0.3) is 11.0 Å². The molecule has 0 saturated carbocycles. The molecule has 2 aromatic heterocycles. The maximum absolute atomic E-state index is 13.8. The molecule has 0 fully saturated rings. The van der Waals surface area contributed by atoms with E-state index < -0.39 is 5.82 Å². The van der Waals surface area contributed by atoms with Crippen LogP contribution in [0, 0.1) is 10.6 Å². The van der Waals surface area contributed by atoms with E-state index >= 15 is 0 Å². The Kier molecular flexibility index (Phi) is 3.55. The lowest BCUT2D eigenvalue weighted by Crippen LogP contribution is -2.08. The number of rotatable bonds is 4. The summed E-state index contributed by atoms with van der Waals surface area (Å²) in [5, 5.41) is 0. The Bertz CT molecular complexity index is 820. The largest absolute Gasteiger partial charge is 0.494 e. The normalized spacial score (nSPS) is 12.7. The maximum Gasteiger partial charge on any atom is 0.178 e. The minimum atomic E-state index is -0.410. The summed E-state index contributed by atoms with van der Waals surface area (Å²) in [4.78, 5) is 3.03. The molecule has 0 saturated heterocycles. The van der Waals surface area contributed by atoms with Crippen molar-refractivity contribution < 1.29 is 13.5 Å². The fraction of sp³-hybridized carbons (Fsp3) is 0.267. The van der Waals surface area contributed by atoms with Crippen molar-refractivity contribution in [3.05, 3.63) is 46.9 Å². The zero-order valence-corrected chi connectivity index (χ0v) is 12.5. The third kappa shape index (κ3) is 2.47. The zero-order chi connectivity index (χ0) is 15.0. The highest BCUT2D eigenvalue weighted by atomic mass is 32.1. The molecule has 0 aliphatic carbocycles. The molecule has 0 amide bonds. The summed E-state index contributed by atoms with van der Waals surface area (Å²) in [6.45, 7) is 2.04. The van der Waals surface area contributed by atoms with Crippen LogP contribution in [-0.2, 0) is 6.42 Å². The standard InChI is InChI=1S/C15H15FN2O2S/c1-9(6-10-4-3-5-20-10)18-13-8-14(19-2)11(16)7-12(13)17-15(18)21/h3-5,7-9H,6H2,1-2H3,(H,17,21). The molecule has 1 N–H and O–H groups in total. The van der Waals surface area contributed by atoms with Crippen LogP contribution in [0.15, 0.2) is 34.9 Å². The minimum absolute atomic E-state index is 0.0765. The third-order valence-corrected chi connectivity index (χ3v) is 3.81. The predicted octanol–water partition coefficient (Wildman–Crippen LogP) is 4.24. The van der Waals surface area contributed by atoms with Crippen molar-refractivity contribution in [2.45, 2.75) is 19.4 Å². The quantitative estimate of drug-likeness (QED) is 0.733. The Labute approximate surface area is 126 Å². The lowest BCUT2D eigenvalue weighted by atomic mass is 10.2. The molecular formula is C15H15FN2O2S. The Morgan fingerprint density at radius 2 is 2.29 bits per heavy atom. The van der Waals surface area contributed by atoms with Crippen LogP contribution in [0.1, 0.15) is 18.7 Å². The molecule has 1 unspecified atom stereocenters. The fourth-order valence-corrected chi connectivity index (χ4v) is 2.92. The number of hydrogen-bond donors (Lipinski definition) is 1. The van der Waals surface area contributed by atoms with Crippen LogP contribution >= 0.6 is 12.2 Å². The summed E-state index contributed by atoms with van der Waals surface area (Å²) in [6.07, 6.45) is 2.35. The smallest absolute Gasteiger partial charge is 0.178 e. The number of halogens is 1. The van der Waals surface area contributed by atoms with Crippen LogP contribution in [0.3, 0.4) is 0 Å². The highest BCUT2D eigenvalue weighted by molar-refractivity contribution is 7.71. The Morgan fingerprint density at radius 1 is 1.48 bits per heavy atom. The first-order valence-electron chi connectivity index (χ1n) is 6.60. The molecule has 6 heteroatoms. The van der Waals surface area contributed by atoms with Gasteiger partial charge in [-0.3, -0.25) is 0 Å². The van der Waals surface area contributed by atoms with Gasteiger partial charge in [0, 0.05) is 24.6 Å². The molecule has 0 radical (unpaired) electrons. The highest BCUT2D eigenvalue weighted by Crippen LogP contribution is 2.27. The second-order valence-electron chi connectivity index (χ2n) is 4.94. The van der Waals surface area contributed by atoms with Gasteiger partial charge < -0.3 is 18.7 Å². The maximum atomic E-state index is 13.8. The summed E-state index contributed by atoms with van der Waals surface area (Å²) in [5.41, 5.74) is 1.47. The lowest BCUT2D eigenvalue weighted by molar-refractivity contribution is 0.387. The molecule has 3 rings (SSSR count). The molecule has 0 bridgehead atoms. The number of benzene rings is 1. The van der Waals surface area contributed by atoms with Crippen LogP contribution in [0.4, 0.5) is 4.39 Å². The van der Waals surface area contributed by atoms with Gasteiger partial charge in [-0.1, -0.05) is 0 Å². The number of fused-ring (bicyclic) bond motifs is 1. The van der Waals surface area contributed by atoms with E-state index in [9.17, 15) is 4.39 Å². The fourth-order valence-electron chi connectivity index (χ4n) is 2.53. The Balaban J connectivity index is 2.08. The lowest BCUT2D eigenvalue weighted by Gasteiger charge is -2.13. The van der Waals surface area contributed by atoms with Crippen LogP contribution in [-0.4, -0.2) is 16.7 Å². The molecule has 110 valence electrons. The van der Waals surface area contributed by atoms with E-state index in [1.54, 1.807) is 12.3 Å². The first-order valence-corrected chi connectivity index (χ1v) is 7.01. The van der Waals surface area contributed by atoms with E-state index in [1.807, 2.05) is 23.6 Å². The van der Waals surface area contributed by atoms with E-state index in [2.05, 4.69) is 4.98 Å². The molecule has 4 nitrogen and oxygen atoms in total. The number of methoxy groups -OCH3 is 1. The molecule has 0 aliphatic heterocycles. The van der Waals surface area contributed by atoms with Gasteiger partial charge in [0.1, 0.15) is 5.76 Å². The molecule has 3 aromatic rings. The van der Waals surface area contributed by atoms with Gasteiger partial charge in [-0.25, -0.2) is 4.39 Å². The summed E-state index contributed by atoms with van der Waals surface area (Å²) in [6, 6.07) is 6.92. The van der Waals surface area contributed by atoms with E-state index in [0.29, 0.717) is 16.7 Å². The van der Waals surface area contributed by atoms with Crippen molar-refractivity contribution in [2.75, 3.05) is 7.11 Å². The van der Waals surface area contributed by atoms with E-state index in [0.717, 1.165) is 11.3 Å². The number of imidazole rings is 1. The number of ether oxygens (including phenoxy) is 1. The summed E-state index contributed by atoms with van der Waals surface area (Å²) in [5.74, 6) is 0.676. The minimum Gasteiger partial charge on any atom is -0.494 e. The number of aromatic amines is 1. The zero-order valence-electron chi connectivity index (χ0n) is 11.7. The first kappa shape index (κ1) is 13.9. The molecule has 0 aliphatic rings. The molecule has 1 atom stereocenters. The Morgan fingerprint density at radius 3 is 2.95 bits per heavy atom. The number of nitrogens with zero attached hydrogens (tertiary/aromatic N) is 1. The van der Waals surface area contributed by atoms with Gasteiger partial charge in [-0.15, -0.1) is 0 Å². The van der Waals surface area contributed by atoms with Crippen LogP contribution in [0.5, 0.6) is 5.75 Å². The van der Waals surface area contributed by atoms with Crippen molar-refractivity contribution in [1.29, 1.82) is 0 Å². The van der Waals surface area contributed by atoms with Crippen molar-refractivity contribution in [3.63, 3.8) is 0 Å². The van der Waals surface area contributed by atoms with Crippen molar-refractivity contribution >= 4 is 23.3 Å². The number of furan rings is 1. The third-order valence-electron chi connectivity index (χ3n) is 3.51. The molecule has 0 spiro atoms. The van der Waals surface area contributed by atoms with Gasteiger partial charge in [-0.05, 0) is 31.3 Å². The molecule has 1 aromatic carbocycles. The number of H-pyrrole nitrogens is 1. The summed E-state index contributed by atoms with van der Waals surface area (Å²) < 4.78 is 26.7. The van der Waals surface area contributed by atoms with Crippen LogP contribution in [0.2, 0.25) is 0 Å². The van der Waals surface area contributed by atoms with Crippen molar-refractivity contribution in [3.8, 4) is 5.75 Å². The molecule has 2 heterocycles. The topological polar surface area (TPSA) is 43.1 Å². The SMILES string of the molecule is COc1cc2c(cc1F)[nH]c(=S)n2C(C)Cc1ccco1. The number of hydrogen-bond acceptors (Lipinski definition) is 3. The van der Waals surface area contributed by atoms with E-state index in [1.165, 1.54) is 13.2 Å². The molecule has 21 heavy (non-hydrogen) atoms. The monoisotopic (exact) mass is 306 g/mol. The van der Waals surface area contributed by atoms with Gasteiger partial charge in [0.2, 0.25) is 0 Å². The first-order chi connectivity index (χ1) is 10.1. The van der Waals surface area contributed by atoms with Gasteiger partial charge >= 0.3 is 0 Å². The second-order valence-corrected chi connectivity index (χ2v) is 5.32. The van der Waals surface area contributed by atoms with Gasteiger partial charge in [0.15, 0.2) is 16.3 Å². The molecular weight excluding hydrogens is 291 g/mol. The van der Waals surface area contributed by atoms with Crippen LogP contribution < -0.4 is 4.74 Å². The second kappa shape index (κ2) is 5.37. The van der Waals surface area contributed by atoms with Gasteiger partial charge in [-0.2, -0.15) is 0 Å². The van der Waals surface area contributed by atoms with E-state index in [4.69, 9.17) is 21.4 Å². The van der Waals surface area contributed by atoms with Crippen molar-refractivity contribution in [2.24, 2.45) is 0 Å². The Hall–Kier alpha value is -2.08. The average Bonchev–Trinajstić information content (AvgIpc) is 3.04. The number of nitrogens with one attached hydrogen (secondary N) is 1. The van der Waals surface area contributed by atoms with E-state index in [-0.39, 0.29) is 11.8 Å². The van der Waals surface area contributed by atoms with Crippen molar-refractivity contribution in [1.82, 2.24) is 9.55 Å². The predicted molar refractivity (Wildman–Crippen MR) is 80.8 cm³/mol. The van der Waals surface area contributed by atoms with Gasteiger partial charge in [0.05, 0.1) is 24.4 Å². The summed E-state index contributed by atoms with van der Waals surface area (Å²) in [7, 11) is 1.45. The average molecular weight is 306 g/mol. The highest BCUT2D eigenvalue weighted by Gasteiger charge is 2.15. The number of aromatic nitrogens is 2. The summed E-state index contributed by atoms with van der Waals surface area (Å²) >= 11 is 5.36.